The minimum Gasteiger partial charge on any atom is -0.298 e. The second-order valence-electron chi connectivity index (χ2n) is 3.09. The monoisotopic (exact) mass is 152 g/mol. The summed E-state index contributed by atoms with van der Waals surface area (Å²) in [5.74, 6) is 0.561. The van der Waals surface area contributed by atoms with Gasteiger partial charge in [-0.3, -0.25) is 4.79 Å². The van der Waals surface area contributed by atoms with Gasteiger partial charge in [-0.15, -0.1) is 0 Å². The maximum absolute atomic E-state index is 10.2. The highest BCUT2D eigenvalue weighted by atomic mass is 16.1. The second kappa shape index (κ2) is 4.89. The Hall–Kier alpha value is -0.850. The Morgan fingerprint density at radius 3 is 2.09 bits per heavy atom. The largest absolute Gasteiger partial charge is 0.298 e. The number of allylic oxidation sites excluding steroid dienone is 4. The van der Waals surface area contributed by atoms with Crippen LogP contribution in [0.5, 0.6) is 0 Å². The van der Waals surface area contributed by atoms with E-state index >= 15 is 0 Å². The highest BCUT2D eigenvalue weighted by Crippen LogP contribution is 2.07. The lowest BCUT2D eigenvalue weighted by molar-refractivity contribution is -0.104. The van der Waals surface area contributed by atoms with E-state index in [0.717, 1.165) is 11.9 Å². The average molecular weight is 152 g/mol. The van der Waals surface area contributed by atoms with Crippen LogP contribution >= 0.6 is 0 Å². The Kier molecular flexibility index (Phi) is 4.51. The van der Waals surface area contributed by atoms with Crippen molar-refractivity contribution in [1.29, 1.82) is 0 Å². The quantitative estimate of drug-likeness (QED) is 0.345. The molecule has 0 aromatic carbocycles. The number of rotatable bonds is 3. The summed E-state index contributed by atoms with van der Waals surface area (Å²) >= 11 is 0. The van der Waals surface area contributed by atoms with Crippen molar-refractivity contribution in [3.8, 4) is 0 Å². The highest BCUT2D eigenvalue weighted by Gasteiger charge is 1.92. The van der Waals surface area contributed by atoms with Crippen molar-refractivity contribution >= 4 is 6.29 Å². The van der Waals surface area contributed by atoms with Crippen molar-refractivity contribution in [3.05, 3.63) is 23.3 Å². The summed E-state index contributed by atoms with van der Waals surface area (Å²) in [5.41, 5.74) is 2.07. The van der Waals surface area contributed by atoms with Gasteiger partial charge in [-0.25, -0.2) is 0 Å². The zero-order chi connectivity index (χ0) is 8.85. The van der Waals surface area contributed by atoms with Gasteiger partial charge in [-0.1, -0.05) is 31.6 Å². The van der Waals surface area contributed by atoms with Gasteiger partial charge in [-0.2, -0.15) is 0 Å². The molecule has 0 saturated carbocycles. The van der Waals surface area contributed by atoms with Gasteiger partial charge in [0.1, 0.15) is 6.29 Å². The Morgan fingerprint density at radius 1 is 1.18 bits per heavy atom. The summed E-state index contributed by atoms with van der Waals surface area (Å²) in [5, 5.41) is 0. The van der Waals surface area contributed by atoms with Crippen LogP contribution in [0.25, 0.3) is 0 Å². The first kappa shape index (κ1) is 10.2. The van der Waals surface area contributed by atoms with Crippen LogP contribution in [0.15, 0.2) is 23.3 Å². The zero-order valence-electron chi connectivity index (χ0n) is 7.72. The Morgan fingerprint density at radius 2 is 1.73 bits per heavy atom. The minimum atomic E-state index is 0.561. The first-order chi connectivity index (χ1) is 5.07. The van der Waals surface area contributed by atoms with Gasteiger partial charge >= 0.3 is 0 Å². The summed E-state index contributed by atoms with van der Waals surface area (Å²) in [4.78, 5) is 10.2. The molecule has 0 rings (SSSR count). The number of carbonyl (C=O) groups is 1. The molecule has 0 aromatic heterocycles. The van der Waals surface area contributed by atoms with Gasteiger partial charge < -0.3 is 0 Å². The predicted molar refractivity (Wildman–Crippen MR) is 48.4 cm³/mol. The van der Waals surface area contributed by atoms with Gasteiger partial charge in [-0.05, 0) is 25.3 Å². The summed E-state index contributed by atoms with van der Waals surface area (Å²) in [6.07, 6.45) is 4.71. The van der Waals surface area contributed by atoms with E-state index in [1.54, 1.807) is 6.92 Å². The van der Waals surface area contributed by atoms with Crippen molar-refractivity contribution in [3.63, 3.8) is 0 Å². The van der Waals surface area contributed by atoms with E-state index in [0.29, 0.717) is 5.92 Å². The molecule has 0 bridgehead atoms. The molecule has 0 aliphatic rings. The Balaban J connectivity index is 4.22. The molecule has 0 unspecified atom stereocenters. The fraction of sp³-hybridized carbons (Fsp3) is 0.500. The first-order valence-electron chi connectivity index (χ1n) is 3.88. The van der Waals surface area contributed by atoms with Gasteiger partial charge in [0.05, 0.1) is 0 Å². The molecule has 0 spiro atoms. The molecule has 0 saturated heterocycles. The SMILES string of the molecule is C/C(C=O)=C\C=C(/C)C(C)C. The molecule has 0 aliphatic heterocycles. The molecule has 1 heteroatoms. The Labute approximate surface area is 68.8 Å². The molecule has 0 aliphatic carbocycles. The molecule has 0 radical (unpaired) electrons. The molecule has 0 aromatic rings. The fourth-order valence-electron chi connectivity index (χ4n) is 0.495. The van der Waals surface area contributed by atoms with Crippen molar-refractivity contribution in [1.82, 2.24) is 0 Å². The van der Waals surface area contributed by atoms with E-state index in [-0.39, 0.29) is 0 Å². The molecule has 0 atom stereocenters. The molecular formula is C10H16O. The van der Waals surface area contributed by atoms with E-state index in [2.05, 4.69) is 20.8 Å². The molecule has 0 amide bonds. The second-order valence-corrected chi connectivity index (χ2v) is 3.09. The van der Waals surface area contributed by atoms with Gasteiger partial charge in [0, 0.05) is 0 Å². The average Bonchev–Trinajstić information content (AvgIpc) is 1.99. The van der Waals surface area contributed by atoms with E-state index in [9.17, 15) is 4.79 Å². The number of aldehydes is 1. The summed E-state index contributed by atoms with van der Waals surface area (Å²) in [6, 6.07) is 0. The normalized spacial score (nSPS) is 13.9. The number of hydrogen-bond donors (Lipinski definition) is 0. The van der Waals surface area contributed by atoms with Crippen LogP contribution in [0.2, 0.25) is 0 Å². The predicted octanol–water partition coefficient (Wildman–Crippen LogP) is 2.73. The fourth-order valence-corrected chi connectivity index (χ4v) is 0.495. The molecule has 0 heterocycles. The lowest BCUT2D eigenvalue weighted by Crippen LogP contribution is -1.87. The standard InChI is InChI=1S/C10H16O/c1-8(2)10(4)6-5-9(3)7-11/h5-8H,1-4H3/b9-5+,10-6+. The smallest absolute Gasteiger partial charge is 0.145 e. The minimum absolute atomic E-state index is 0.561. The summed E-state index contributed by atoms with van der Waals surface area (Å²) in [7, 11) is 0. The third-order valence-electron chi connectivity index (χ3n) is 1.71. The molecule has 11 heavy (non-hydrogen) atoms. The summed E-state index contributed by atoms with van der Waals surface area (Å²) < 4.78 is 0. The molecule has 0 N–H and O–H groups in total. The molecule has 0 fully saturated rings. The lowest BCUT2D eigenvalue weighted by Gasteiger charge is -2.01. The van der Waals surface area contributed by atoms with Gasteiger partial charge in [0.25, 0.3) is 0 Å². The van der Waals surface area contributed by atoms with Crippen molar-refractivity contribution in [2.24, 2.45) is 5.92 Å². The lowest BCUT2D eigenvalue weighted by atomic mass is 10.0. The van der Waals surface area contributed by atoms with Crippen LogP contribution in [0.3, 0.4) is 0 Å². The maximum Gasteiger partial charge on any atom is 0.145 e. The van der Waals surface area contributed by atoms with E-state index in [1.165, 1.54) is 5.57 Å². The number of hydrogen-bond acceptors (Lipinski definition) is 1. The van der Waals surface area contributed by atoms with Crippen LogP contribution in [0.1, 0.15) is 27.7 Å². The van der Waals surface area contributed by atoms with E-state index < -0.39 is 0 Å². The number of carbonyl (C=O) groups excluding carboxylic acids is 1. The van der Waals surface area contributed by atoms with Gasteiger partial charge in [0.2, 0.25) is 0 Å². The van der Waals surface area contributed by atoms with E-state index in [4.69, 9.17) is 0 Å². The Bertz CT molecular complexity index is 185. The molecular weight excluding hydrogens is 136 g/mol. The van der Waals surface area contributed by atoms with Crippen LogP contribution in [-0.4, -0.2) is 6.29 Å². The van der Waals surface area contributed by atoms with Crippen LogP contribution < -0.4 is 0 Å². The zero-order valence-corrected chi connectivity index (χ0v) is 7.72. The van der Waals surface area contributed by atoms with Crippen molar-refractivity contribution < 1.29 is 4.79 Å². The third kappa shape index (κ3) is 4.54. The topological polar surface area (TPSA) is 17.1 Å². The van der Waals surface area contributed by atoms with Crippen LogP contribution in [-0.2, 0) is 4.79 Å². The highest BCUT2D eigenvalue weighted by molar-refractivity contribution is 5.72. The first-order valence-corrected chi connectivity index (χ1v) is 3.88. The molecule has 62 valence electrons. The van der Waals surface area contributed by atoms with Crippen molar-refractivity contribution in [2.45, 2.75) is 27.7 Å². The third-order valence-corrected chi connectivity index (χ3v) is 1.71. The summed E-state index contributed by atoms with van der Waals surface area (Å²) in [6.45, 7) is 8.14. The van der Waals surface area contributed by atoms with E-state index in [1.807, 2.05) is 12.2 Å². The van der Waals surface area contributed by atoms with Crippen molar-refractivity contribution in [2.75, 3.05) is 0 Å². The van der Waals surface area contributed by atoms with Crippen LogP contribution in [0, 0.1) is 5.92 Å². The maximum atomic E-state index is 10.2. The molecule has 1 nitrogen and oxygen atoms in total. The van der Waals surface area contributed by atoms with Crippen LogP contribution in [0.4, 0.5) is 0 Å². The van der Waals surface area contributed by atoms with Gasteiger partial charge in [0.15, 0.2) is 0 Å².